The van der Waals surface area contributed by atoms with E-state index in [-0.39, 0.29) is 18.4 Å². The van der Waals surface area contributed by atoms with Crippen LogP contribution in [-0.4, -0.2) is 29.1 Å². The lowest BCUT2D eigenvalue weighted by Gasteiger charge is -2.04. The second-order valence-corrected chi connectivity index (χ2v) is 4.91. The first-order valence-electron chi connectivity index (χ1n) is 4.36. The van der Waals surface area contributed by atoms with Crippen molar-refractivity contribution in [2.24, 2.45) is 4.99 Å². The molecule has 82 valence electrons. The zero-order chi connectivity index (χ0) is 11.4. The summed E-state index contributed by atoms with van der Waals surface area (Å²) in [4.78, 5) is 4.08. The molecule has 2 N–H and O–H groups in total. The van der Waals surface area contributed by atoms with E-state index in [1.54, 1.807) is 25.3 Å². The standard InChI is InChI=1S/C10H11Br2NO2/c1-6(5-14)13-4-7-2-8(11)3-9(12)10(7)15/h2-4,6,14-15H,5H2,1H3/t6-/m1/s1. The summed E-state index contributed by atoms with van der Waals surface area (Å²) in [6.45, 7) is 1.78. The predicted octanol–water partition coefficient (Wildman–Crippen LogP) is 2.72. The molecule has 0 amide bonds. The molecule has 1 rings (SSSR count). The van der Waals surface area contributed by atoms with Gasteiger partial charge in [-0.05, 0) is 35.0 Å². The number of hydrogen-bond donors (Lipinski definition) is 2. The molecule has 0 aromatic heterocycles. The molecular weight excluding hydrogens is 326 g/mol. The molecule has 0 aliphatic carbocycles. The Balaban J connectivity index is 2.99. The fourth-order valence-corrected chi connectivity index (χ4v) is 2.20. The molecule has 5 heteroatoms. The number of aliphatic hydroxyl groups excluding tert-OH is 1. The van der Waals surface area contributed by atoms with Crippen LogP contribution in [0.25, 0.3) is 0 Å². The molecule has 0 heterocycles. The summed E-state index contributed by atoms with van der Waals surface area (Å²) >= 11 is 6.55. The highest BCUT2D eigenvalue weighted by atomic mass is 79.9. The SMILES string of the molecule is C[C@H](CO)N=Cc1cc(Br)cc(Br)c1O. The van der Waals surface area contributed by atoms with Crippen LogP contribution in [-0.2, 0) is 0 Å². The summed E-state index contributed by atoms with van der Waals surface area (Å²) < 4.78 is 1.46. The largest absolute Gasteiger partial charge is 0.506 e. The lowest BCUT2D eigenvalue weighted by molar-refractivity contribution is 0.275. The molecule has 0 aliphatic heterocycles. The van der Waals surface area contributed by atoms with Crippen molar-refractivity contribution in [3.63, 3.8) is 0 Å². The van der Waals surface area contributed by atoms with Gasteiger partial charge in [0.15, 0.2) is 0 Å². The summed E-state index contributed by atoms with van der Waals surface area (Å²) in [7, 11) is 0. The lowest BCUT2D eigenvalue weighted by atomic mass is 10.2. The first-order valence-corrected chi connectivity index (χ1v) is 5.95. The Kier molecular flexibility index (Phi) is 4.76. The van der Waals surface area contributed by atoms with Gasteiger partial charge < -0.3 is 10.2 Å². The van der Waals surface area contributed by atoms with E-state index in [0.29, 0.717) is 10.0 Å². The molecule has 15 heavy (non-hydrogen) atoms. The maximum Gasteiger partial charge on any atom is 0.138 e. The van der Waals surface area contributed by atoms with Gasteiger partial charge in [0.2, 0.25) is 0 Å². The molecule has 0 bridgehead atoms. The van der Waals surface area contributed by atoms with Gasteiger partial charge in [-0.1, -0.05) is 15.9 Å². The average Bonchev–Trinajstić information content (AvgIpc) is 2.20. The van der Waals surface area contributed by atoms with Crippen LogP contribution in [0.4, 0.5) is 0 Å². The first kappa shape index (κ1) is 12.7. The number of phenolic OH excluding ortho intramolecular Hbond substituents is 1. The lowest BCUT2D eigenvalue weighted by Crippen LogP contribution is -2.04. The number of aliphatic imine (C=N–C) groups is 1. The molecule has 0 saturated heterocycles. The molecule has 0 spiro atoms. The van der Waals surface area contributed by atoms with Crippen molar-refractivity contribution in [1.82, 2.24) is 0 Å². The van der Waals surface area contributed by atoms with E-state index in [1.165, 1.54) is 0 Å². The van der Waals surface area contributed by atoms with Gasteiger partial charge in [-0.15, -0.1) is 0 Å². The molecule has 0 unspecified atom stereocenters. The van der Waals surface area contributed by atoms with Crippen LogP contribution in [0.5, 0.6) is 5.75 Å². The van der Waals surface area contributed by atoms with E-state index in [4.69, 9.17) is 5.11 Å². The van der Waals surface area contributed by atoms with Crippen molar-refractivity contribution in [2.45, 2.75) is 13.0 Å². The molecule has 1 aromatic rings. The summed E-state index contributed by atoms with van der Waals surface area (Å²) in [6, 6.07) is 3.35. The first-order chi connectivity index (χ1) is 7.04. The Morgan fingerprint density at radius 1 is 1.47 bits per heavy atom. The van der Waals surface area contributed by atoms with E-state index < -0.39 is 0 Å². The van der Waals surface area contributed by atoms with E-state index in [1.807, 2.05) is 0 Å². The second-order valence-electron chi connectivity index (χ2n) is 3.14. The number of nitrogens with zero attached hydrogens (tertiary/aromatic N) is 1. The number of hydrogen-bond acceptors (Lipinski definition) is 3. The summed E-state index contributed by atoms with van der Waals surface area (Å²) in [5.41, 5.74) is 0.608. The third kappa shape index (κ3) is 3.59. The number of aromatic hydroxyl groups is 1. The summed E-state index contributed by atoms with van der Waals surface area (Å²) in [6.07, 6.45) is 1.55. The molecular formula is C10H11Br2NO2. The van der Waals surface area contributed by atoms with Crippen molar-refractivity contribution < 1.29 is 10.2 Å². The number of rotatable bonds is 3. The topological polar surface area (TPSA) is 52.8 Å². The van der Waals surface area contributed by atoms with Gasteiger partial charge in [-0.25, -0.2) is 0 Å². The molecule has 1 aromatic carbocycles. The van der Waals surface area contributed by atoms with Gasteiger partial charge in [0.25, 0.3) is 0 Å². The summed E-state index contributed by atoms with van der Waals surface area (Å²) in [5.74, 6) is 0.145. The van der Waals surface area contributed by atoms with Crippen LogP contribution >= 0.6 is 31.9 Å². The maximum absolute atomic E-state index is 9.69. The number of halogens is 2. The van der Waals surface area contributed by atoms with Crippen LogP contribution < -0.4 is 0 Å². The van der Waals surface area contributed by atoms with Gasteiger partial charge in [0.1, 0.15) is 5.75 Å². The minimum atomic E-state index is -0.165. The number of phenols is 1. The van der Waals surface area contributed by atoms with Crippen LogP contribution in [0, 0.1) is 0 Å². The Hall–Kier alpha value is -0.390. The second kappa shape index (κ2) is 5.63. The summed E-state index contributed by atoms with van der Waals surface area (Å²) in [5, 5.41) is 18.5. The highest BCUT2D eigenvalue weighted by molar-refractivity contribution is 9.11. The molecule has 0 fully saturated rings. The van der Waals surface area contributed by atoms with Gasteiger partial charge in [0.05, 0.1) is 17.1 Å². The molecule has 3 nitrogen and oxygen atoms in total. The van der Waals surface area contributed by atoms with Gasteiger partial charge in [-0.2, -0.15) is 0 Å². The Morgan fingerprint density at radius 3 is 2.73 bits per heavy atom. The van der Waals surface area contributed by atoms with Crippen LogP contribution in [0.3, 0.4) is 0 Å². The van der Waals surface area contributed by atoms with Crippen molar-refractivity contribution >= 4 is 38.1 Å². The Labute approximate surface area is 105 Å². The maximum atomic E-state index is 9.69. The Morgan fingerprint density at radius 2 is 2.13 bits per heavy atom. The van der Waals surface area contributed by atoms with E-state index in [0.717, 1.165) is 4.47 Å². The van der Waals surface area contributed by atoms with E-state index in [9.17, 15) is 5.11 Å². The third-order valence-electron chi connectivity index (χ3n) is 1.79. The van der Waals surface area contributed by atoms with Crippen molar-refractivity contribution in [3.05, 3.63) is 26.6 Å². The average molecular weight is 337 g/mol. The van der Waals surface area contributed by atoms with Gasteiger partial charge in [-0.3, -0.25) is 4.99 Å². The molecule has 0 saturated carbocycles. The number of aliphatic hydroxyl groups is 1. The van der Waals surface area contributed by atoms with Crippen LogP contribution in [0.15, 0.2) is 26.1 Å². The molecule has 0 aliphatic rings. The highest BCUT2D eigenvalue weighted by Crippen LogP contribution is 2.30. The van der Waals surface area contributed by atoms with Crippen molar-refractivity contribution in [1.29, 1.82) is 0 Å². The smallest absolute Gasteiger partial charge is 0.138 e. The minimum absolute atomic E-state index is 0.00751. The Bertz CT molecular complexity index is 380. The van der Waals surface area contributed by atoms with Crippen LogP contribution in [0.1, 0.15) is 12.5 Å². The highest BCUT2D eigenvalue weighted by Gasteiger charge is 2.05. The quantitative estimate of drug-likeness (QED) is 0.834. The van der Waals surface area contributed by atoms with Crippen LogP contribution in [0.2, 0.25) is 0 Å². The molecule has 1 atom stereocenters. The van der Waals surface area contributed by atoms with Gasteiger partial charge in [0, 0.05) is 16.3 Å². The normalized spacial score (nSPS) is 13.3. The number of benzene rings is 1. The third-order valence-corrected chi connectivity index (χ3v) is 2.85. The van der Waals surface area contributed by atoms with E-state index in [2.05, 4.69) is 36.9 Å². The molecule has 0 radical (unpaired) electrons. The van der Waals surface area contributed by atoms with Crippen molar-refractivity contribution in [2.75, 3.05) is 6.61 Å². The fraction of sp³-hybridized carbons (Fsp3) is 0.300. The van der Waals surface area contributed by atoms with Crippen molar-refractivity contribution in [3.8, 4) is 5.75 Å². The van der Waals surface area contributed by atoms with Gasteiger partial charge >= 0.3 is 0 Å². The fourth-order valence-electron chi connectivity index (χ4n) is 0.939. The monoisotopic (exact) mass is 335 g/mol. The minimum Gasteiger partial charge on any atom is -0.506 e. The zero-order valence-electron chi connectivity index (χ0n) is 8.11. The van der Waals surface area contributed by atoms with E-state index >= 15 is 0 Å². The predicted molar refractivity (Wildman–Crippen MR) is 67.6 cm³/mol. The zero-order valence-corrected chi connectivity index (χ0v) is 11.3.